The van der Waals surface area contributed by atoms with Crippen molar-refractivity contribution >= 4 is 11.9 Å². The van der Waals surface area contributed by atoms with Crippen LogP contribution in [0.4, 0.5) is 4.39 Å². The molecule has 1 fully saturated rings. The first-order chi connectivity index (χ1) is 14.8. The molecular formula is C20H21FN2O8. The van der Waals surface area contributed by atoms with E-state index in [4.69, 9.17) is 18.9 Å². The number of aromatic nitrogens is 2. The number of nitrogens with zero attached hydrogens (tertiary/aromatic N) is 1. The Kier molecular flexibility index (Phi) is 6.98. The molecule has 1 aliphatic heterocycles. The van der Waals surface area contributed by atoms with Gasteiger partial charge in [0.05, 0.1) is 12.8 Å². The van der Waals surface area contributed by atoms with E-state index in [0.717, 1.165) is 17.1 Å². The normalized spacial score (nSPS) is 22.8. The van der Waals surface area contributed by atoms with E-state index in [2.05, 4.69) is 0 Å². The maximum Gasteiger partial charge on any atom is 0.330 e. The van der Waals surface area contributed by atoms with Gasteiger partial charge in [0, 0.05) is 13.8 Å². The van der Waals surface area contributed by atoms with Crippen molar-refractivity contribution in [2.24, 2.45) is 0 Å². The van der Waals surface area contributed by atoms with Crippen LogP contribution in [-0.2, 0) is 35.1 Å². The van der Waals surface area contributed by atoms with Gasteiger partial charge in [0.2, 0.25) is 5.82 Å². The molecule has 4 atom stereocenters. The number of H-pyrrole nitrogens is 1. The van der Waals surface area contributed by atoms with Crippen LogP contribution in [0.1, 0.15) is 25.6 Å². The predicted molar refractivity (Wildman–Crippen MR) is 102 cm³/mol. The zero-order valence-electron chi connectivity index (χ0n) is 16.8. The lowest BCUT2D eigenvalue weighted by molar-refractivity contribution is -0.158. The van der Waals surface area contributed by atoms with Crippen LogP contribution >= 0.6 is 0 Å². The fourth-order valence-electron chi connectivity index (χ4n) is 3.20. The molecule has 1 N–H and O–H groups in total. The topological polar surface area (TPSA) is 126 Å². The summed E-state index contributed by atoms with van der Waals surface area (Å²) < 4.78 is 36.7. The van der Waals surface area contributed by atoms with Gasteiger partial charge in [0.15, 0.2) is 12.3 Å². The summed E-state index contributed by atoms with van der Waals surface area (Å²) in [6.07, 6.45) is -3.77. The Balaban J connectivity index is 1.95. The minimum atomic E-state index is -1.33. The van der Waals surface area contributed by atoms with Gasteiger partial charge in [-0.25, -0.2) is 4.79 Å². The second-order valence-corrected chi connectivity index (χ2v) is 6.85. The van der Waals surface area contributed by atoms with E-state index in [-0.39, 0.29) is 13.2 Å². The molecule has 0 saturated carbocycles. The molecule has 0 radical (unpaired) electrons. The van der Waals surface area contributed by atoms with Crippen LogP contribution in [0.3, 0.4) is 0 Å². The zero-order valence-corrected chi connectivity index (χ0v) is 16.8. The largest absolute Gasteiger partial charge is 0.463 e. The number of hydrogen-bond donors (Lipinski definition) is 1. The summed E-state index contributed by atoms with van der Waals surface area (Å²) in [6, 6.07) is 9.10. The summed E-state index contributed by atoms with van der Waals surface area (Å²) in [5.41, 5.74) is -1.36. The molecule has 2 aromatic rings. The van der Waals surface area contributed by atoms with Gasteiger partial charge in [0.25, 0.3) is 5.56 Å². The monoisotopic (exact) mass is 436 g/mol. The highest BCUT2D eigenvalue weighted by Crippen LogP contribution is 2.34. The van der Waals surface area contributed by atoms with E-state index < -0.39 is 53.5 Å². The molecule has 0 spiro atoms. The molecule has 0 amide bonds. The fourth-order valence-corrected chi connectivity index (χ4v) is 3.20. The van der Waals surface area contributed by atoms with E-state index in [1.54, 1.807) is 0 Å². The Morgan fingerprint density at radius 1 is 1.13 bits per heavy atom. The highest BCUT2D eigenvalue weighted by atomic mass is 19.1. The smallest absolute Gasteiger partial charge is 0.330 e. The minimum Gasteiger partial charge on any atom is -0.463 e. The quantitative estimate of drug-likeness (QED) is 0.627. The molecular weight excluding hydrogens is 415 g/mol. The van der Waals surface area contributed by atoms with Crippen LogP contribution in [-0.4, -0.2) is 46.4 Å². The zero-order chi connectivity index (χ0) is 22.5. The van der Waals surface area contributed by atoms with Gasteiger partial charge in [-0.2, -0.15) is 4.39 Å². The van der Waals surface area contributed by atoms with Gasteiger partial charge >= 0.3 is 17.6 Å². The van der Waals surface area contributed by atoms with Crippen LogP contribution in [0.25, 0.3) is 0 Å². The molecule has 1 aliphatic rings. The highest BCUT2D eigenvalue weighted by molar-refractivity contribution is 5.66. The van der Waals surface area contributed by atoms with Crippen molar-refractivity contribution in [1.82, 2.24) is 9.55 Å². The molecule has 3 rings (SSSR count). The average Bonchev–Trinajstić information content (AvgIpc) is 3.04. The van der Waals surface area contributed by atoms with E-state index >= 15 is 0 Å². The van der Waals surface area contributed by atoms with Gasteiger partial charge in [-0.15, -0.1) is 0 Å². The summed E-state index contributed by atoms with van der Waals surface area (Å²) in [6.45, 7) is 2.20. The Morgan fingerprint density at radius 3 is 2.48 bits per heavy atom. The number of esters is 2. The second kappa shape index (κ2) is 9.67. The molecule has 11 heteroatoms. The van der Waals surface area contributed by atoms with E-state index in [9.17, 15) is 23.6 Å². The Labute approximate surface area is 175 Å². The van der Waals surface area contributed by atoms with Crippen molar-refractivity contribution < 1.29 is 32.9 Å². The summed E-state index contributed by atoms with van der Waals surface area (Å²) in [5, 5.41) is 0. The number of benzene rings is 1. The summed E-state index contributed by atoms with van der Waals surface area (Å²) >= 11 is 0. The molecule has 0 unspecified atom stereocenters. The van der Waals surface area contributed by atoms with Crippen molar-refractivity contribution in [2.45, 2.75) is 45.0 Å². The molecule has 1 aromatic heterocycles. The number of carbonyl (C=O) groups excluding carboxylic acids is 2. The third kappa shape index (κ3) is 5.44. The summed E-state index contributed by atoms with van der Waals surface area (Å²) in [5.74, 6) is -2.50. The standard InChI is InChI=1S/C20H21FN2O8/c1-11(24)28-10-15-16(29-9-13-6-4-3-5-7-13)17(30-12(2)25)19(31-15)23-8-14(21)18(26)22-20(23)27/h3-8,15-17,19H,9-10H2,1-2H3,(H,22,26,27)/t15-,16-,17-,19-/m0/s1. The Morgan fingerprint density at radius 2 is 1.84 bits per heavy atom. The van der Waals surface area contributed by atoms with Gasteiger partial charge in [-0.05, 0) is 5.56 Å². The first-order valence-corrected chi connectivity index (χ1v) is 9.39. The van der Waals surface area contributed by atoms with Crippen LogP contribution in [0.15, 0.2) is 46.1 Å². The number of aromatic amines is 1. The molecule has 31 heavy (non-hydrogen) atoms. The maximum atomic E-state index is 13.9. The van der Waals surface area contributed by atoms with Gasteiger partial charge in [-0.1, -0.05) is 30.3 Å². The van der Waals surface area contributed by atoms with Gasteiger partial charge in [0.1, 0.15) is 18.8 Å². The van der Waals surface area contributed by atoms with Crippen molar-refractivity contribution in [3.05, 3.63) is 68.7 Å². The molecule has 1 saturated heterocycles. The SMILES string of the molecule is CC(=O)OC[C@@H]1O[C@H](n2cc(F)c(=O)[nH]c2=O)[C@@H](OC(C)=O)[C@H]1OCc1ccccc1. The molecule has 166 valence electrons. The Hall–Kier alpha value is -3.31. The van der Waals surface area contributed by atoms with Crippen LogP contribution in [0.5, 0.6) is 0 Å². The minimum absolute atomic E-state index is 0.102. The Bertz CT molecular complexity index is 1050. The summed E-state index contributed by atoms with van der Waals surface area (Å²) in [4.78, 5) is 48.5. The van der Waals surface area contributed by atoms with Crippen molar-refractivity contribution in [3.63, 3.8) is 0 Å². The number of hydrogen-bond acceptors (Lipinski definition) is 8. The van der Waals surface area contributed by atoms with Crippen molar-refractivity contribution in [1.29, 1.82) is 0 Å². The molecule has 10 nitrogen and oxygen atoms in total. The first-order valence-electron chi connectivity index (χ1n) is 9.39. The molecule has 2 heterocycles. The lowest BCUT2D eigenvalue weighted by Gasteiger charge is -2.24. The second-order valence-electron chi connectivity index (χ2n) is 6.85. The van der Waals surface area contributed by atoms with Gasteiger partial charge < -0.3 is 18.9 Å². The lowest BCUT2D eigenvalue weighted by Crippen LogP contribution is -2.42. The predicted octanol–water partition coefficient (Wildman–Crippen LogP) is 0.653. The fraction of sp³-hybridized carbons (Fsp3) is 0.400. The van der Waals surface area contributed by atoms with E-state index in [1.165, 1.54) is 6.92 Å². The number of rotatable bonds is 7. The molecule has 1 aromatic carbocycles. The first kappa shape index (κ1) is 22.4. The lowest BCUT2D eigenvalue weighted by atomic mass is 10.1. The average molecular weight is 436 g/mol. The summed E-state index contributed by atoms with van der Waals surface area (Å²) in [7, 11) is 0. The number of carbonyl (C=O) groups is 2. The highest BCUT2D eigenvalue weighted by Gasteiger charge is 2.49. The molecule has 0 bridgehead atoms. The maximum absolute atomic E-state index is 13.9. The van der Waals surface area contributed by atoms with Crippen LogP contribution in [0.2, 0.25) is 0 Å². The van der Waals surface area contributed by atoms with Crippen molar-refractivity contribution in [3.8, 4) is 0 Å². The number of halogens is 1. The van der Waals surface area contributed by atoms with Gasteiger partial charge in [-0.3, -0.25) is 23.9 Å². The molecule has 0 aliphatic carbocycles. The van der Waals surface area contributed by atoms with E-state index in [1.807, 2.05) is 35.3 Å². The van der Waals surface area contributed by atoms with E-state index in [0.29, 0.717) is 6.20 Å². The third-order valence-electron chi connectivity index (χ3n) is 4.52. The van der Waals surface area contributed by atoms with Crippen LogP contribution < -0.4 is 11.2 Å². The van der Waals surface area contributed by atoms with Crippen molar-refractivity contribution in [2.75, 3.05) is 6.61 Å². The number of ether oxygens (including phenoxy) is 4. The number of nitrogens with one attached hydrogen (secondary N) is 1. The van der Waals surface area contributed by atoms with Crippen LogP contribution in [0, 0.1) is 5.82 Å². The third-order valence-corrected chi connectivity index (χ3v) is 4.52.